The molecule has 6 nitrogen and oxygen atoms in total. The van der Waals surface area contributed by atoms with Gasteiger partial charge in [0.25, 0.3) is 0 Å². The molecule has 20 heavy (non-hydrogen) atoms. The average Bonchev–Trinajstić information content (AvgIpc) is 2.46. The van der Waals surface area contributed by atoms with Gasteiger partial charge in [-0.1, -0.05) is 6.07 Å². The van der Waals surface area contributed by atoms with Crippen LogP contribution in [0.3, 0.4) is 0 Å². The number of aromatic nitrogens is 1. The van der Waals surface area contributed by atoms with E-state index in [1.54, 1.807) is 12.4 Å². The van der Waals surface area contributed by atoms with Crippen molar-refractivity contribution in [1.82, 2.24) is 14.8 Å². The van der Waals surface area contributed by atoms with Crippen molar-refractivity contribution in [2.45, 2.75) is 12.8 Å². The van der Waals surface area contributed by atoms with Crippen molar-refractivity contribution < 1.29 is 9.59 Å². The standard InChI is InChI=1S/C14H20N4O2/c15-13(19)3-5-17-6-8-18(9-7-17)14(20)10-12-2-1-4-16-11-12/h1-2,4,11H,3,5-10H2,(H2,15,19). The third kappa shape index (κ3) is 4.31. The molecule has 1 aliphatic heterocycles. The van der Waals surface area contributed by atoms with Gasteiger partial charge in [-0.2, -0.15) is 0 Å². The zero-order valence-corrected chi connectivity index (χ0v) is 11.5. The van der Waals surface area contributed by atoms with Gasteiger partial charge in [0.2, 0.25) is 11.8 Å². The van der Waals surface area contributed by atoms with Crippen LogP contribution < -0.4 is 5.73 Å². The van der Waals surface area contributed by atoms with Gasteiger partial charge >= 0.3 is 0 Å². The predicted octanol–water partition coefficient (Wildman–Crippen LogP) is -0.356. The number of carbonyl (C=O) groups is 2. The topological polar surface area (TPSA) is 79.5 Å². The van der Waals surface area contributed by atoms with Gasteiger partial charge in [0.05, 0.1) is 6.42 Å². The van der Waals surface area contributed by atoms with Gasteiger partial charge in [-0.15, -0.1) is 0 Å². The quantitative estimate of drug-likeness (QED) is 0.797. The van der Waals surface area contributed by atoms with E-state index in [4.69, 9.17) is 5.73 Å². The normalized spacial score (nSPS) is 16.1. The molecule has 1 fully saturated rings. The summed E-state index contributed by atoms with van der Waals surface area (Å²) >= 11 is 0. The highest BCUT2D eigenvalue weighted by Crippen LogP contribution is 2.06. The highest BCUT2D eigenvalue weighted by atomic mass is 16.2. The first kappa shape index (κ1) is 14.5. The molecule has 2 rings (SSSR count). The van der Waals surface area contributed by atoms with E-state index in [-0.39, 0.29) is 11.8 Å². The lowest BCUT2D eigenvalue weighted by Crippen LogP contribution is -2.49. The average molecular weight is 276 g/mol. The van der Waals surface area contributed by atoms with Crippen molar-refractivity contribution in [2.24, 2.45) is 5.73 Å². The zero-order valence-electron chi connectivity index (χ0n) is 11.5. The third-order valence-electron chi connectivity index (χ3n) is 3.48. The van der Waals surface area contributed by atoms with Crippen molar-refractivity contribution in [3.8, 4) is 0 Å². The van der Waals surface area contributed by atoms with Gasteiger partial charge in [0.15, 0.2) is 0 Å². The van der Waals surface area contributed by atoms with E-state index in [9.17, 15) is 9.59 Å². The summed E-state index contributed by atoms with van der Waals surface area (Å²) in [6, 6.07) is 3.75. The molecule has 0 atom stereocenters. The van der Waals surface area contributed by atoms with Gasteiger partial charge in [0.1, 0.15) is 0 Å². The summed E-state index contributed by atoms with van der Waals surface area (Å²) in [4.78, 5) is 30.9. The van der Waals surface area contributed by atoms with Crippen LogP contribution in [0, 0.1) is 0 Å². The fourth-order valence-electron chi connectivity index (χ4n) is 2.28. The molecule has 1 aliphatic rings. The maximum Gasteiger partial charge on any atom is 0.227 e. The summed E-state index contributed by atoms with van der Waals surface area (Å²) in [6.07, 6.45) is 4.20. The summed E-state index contributed by atoms with van der Waals surface area (Å²) in [5.41, 5.74) is 6.07. The second-order valence-electron chi connectivity index (χ2n) is 4.98. The maximum absolute atomic E-state index is 12.1. The summed E-state index contributed by atoms with van der Waals surface area (Å²) < 4.78 is 0. The van der Waals surface area contributed by atoms with E-state index in [0.29, 0.717) is 32.5 Å². The molecular weight excluding hydrogens is 256 g/mol. The molecule has 0 unspecified atom stereocenters. The molecule has 0 saturated carbocycles. The lowest BCUT2D eigenvalue weighted by Gasteiger charge is -2.34. The van der Waals surface area contributed by atoms with E-state index in [1.165, 1.54) is 0 Å². The fraction of sp³-hybridized carbons (Fsp3) is 0.500. The Labute approximate surface area is 118 Å². The largest absolute Gasteiger partial charge is 0.370 e. The summed E-state index contributed by atoms with van der Waals surface area (Å²) in [5.74, 6) is -0.146. The molecule has 2 amide bonds. The highest BCUT2D eigenvalue weighted by molar-refractivity contribution is 5.78. The smallest absolute Gasteiger partial charge is 0.227 e. The molecule has 0 bridgehead atoms. The number of amides is 2. The minimum absolute atomic E-state index is 0.132. The summed E-state index contributed by atoms with van der Waals surface area (Å²) in [6.45, 7) is 3.69. The number of piperazine rings is 1. The van der Waals surface area contributed by atoms with Gasteiger partial charge < -0.3 is 10.6 Å². The Balaban J connectivity index is 1.76. The van der Waals surface area contributed by atoms with Crippen molar-refractivity contribution in [3.05, 3.63) is 30.1 Å². The van der Waals surface area contributed by atoms with Gasteiger partial charge in [0, 0.05) is 51.5 Å². The van der Waals surface area contributed by atoms with Crippen molar-refractivity contribution in [2.75, 3.05) is 32.7 Å². The van der Waals surface area contributed by atoms with Crippen LogP contribution in [0.15, 0.2) is 24.5 Å². The Morgan fingerprint density at radius 2 is 2.00 bits per heavy atom. The Hall–Kier alpha value is -1.95. The summed E-state index contributed by atoms with van der Waals surface area (Å²) in [7, 11) is 0. The second-order valence-corrected chi connectivity index (χ2v) is 4.98. The van der Waals surface area contributed by atoms with Crippen molar-refractivity contribution in [3.63, 3.8) is 0 Å². The van der Waals surface area contributed by atoms with Gasteiger partial charge in [-0.3, -0.25) is 19.5 Å². The number of primary amides is 1. The van der Waals surface area contributed by atoms with E-state index < -0.39 is 0 Å². The Morgan fingerprint density at radius 3 is 2.60 bits per heavy atom. The molecule has 1 aromatic heterocycles. The fourth-order valence-corrected chi connectivity index (χ4v) is 2.28. The molecule has 0 radical (unpaired) electrons. The lowest BCUT2D eigenvalue weighted by atomic mass is 10.2. The van der Waals surface area contributed by atoms with Crippen LogP contribution in [0.2, 0.25) is 0 Å². The number of nitrogens with two attached hydrogens (primary N) is 1. The number of hydrogen-bond donors (Lipinski definition) is 1. The molecule has 6 heteroatoms. The lowest BCUT2D eigenvalue weighted by molar-refractivity contribution is -0.132. The maximum atomic E-state index is 12.1. The monoisotopic (exact) mass is 276 g/mol. The number of pyridine rings is 1. The van der Waals surface area contributed by atoms with Crippen LogP contribution in [0.25, 0.3) is 0 Å². The SMILES string of the molecule is NC(=O)CCN1CCN(C(=O)Cc2cccnc2)CC1. The van der Waals surface area contributed by atoms with Crippen LogP contribution in [-0.2, 0) is 16.0 Å². The number of carbonyl (C=O) groups excluding carboxylic acids is 2. The minimum atomic E-state index is -0.278. The molecule has 0 aliphatic carbocycles. The number of rotatable bonds is 5. The van der Waals surface area contributed by atoms with Gasteiger partial charge in [-0.05, 0) is 11.6 Å². The summed E-state index contributed by atoms with van der Waals surface area (Å²) in [5, 5.41) is 0. The molecule has 0 spiro atoms. The van der Waals surface area contributed by atoms with E-state index >= 15 is 0 Å². The van der Waals surface area contributed by atoms with E-state index in [2.05, 4.69) is 9.88 Å². The van der Waals surface area contributed by atoms with Crippen LogP contribution in [0.1, 0.15) is 12.0 Å². The molecular formula is C14H20N4O2. The molecule has 2 heterocycles. The molecule has 2 N–H and O–H groups in total. The Bertz CT molecular complexity index is 456. The number of hydrogen-bond acceptors (Lipinski definition) is 4. The van der Waals surface area contributed by atoms with Crippen LogP contribution >= 0.6 is 0 Å². The van der Waals surface area contributed by atoms with E-state index in [1.807, 2.05) is 17.0 Å². The minimum Gasteiger partial charge on any atom is -0.370 e. The molecule has 108 valence electrons. The number of nitrogens with zero attached hydrogens (tertiary/aromatic N) is 3. The first-order valence-electron chi connectivity index (χ1n) is 6.82. The Morgan fingerprint density at radius 1 is 1.25 bits per heavy atom. The zero-order chi connectivity index (χ0) is 14.4. The van der Waals surface area contributed by atoms with Crippen LogP contribution in [-0.4, -0.2) is 59.3 Å². The highest BCUT2D eigenvalue weighted by Gasteiger charge is 2.21. The first-order valence-corrected chi connectivity index (χ1v) is 6.82. The van der Waals surface area contributed by atoms with Crippen LogP contribution in [0.4, 0.5) is 0 Å². The van der Waals surface area contributed by atoms with Crippen molar-refractivity contribution in [1.29, 1.82) is 0 Å². The molecule has 1 saturated heterocycles. The second kappa shape index (κ2) is 7.00. The van der Waals surface area contributed by atoms with Crippen LogP contribution in [0.5, 0.6) is 0 Å². The van der Waals surface area contributed by atoms with E-state index in [0.717, 1.165) is 18.7 Å². The predicted molar refractivity (Wildman–Crippen MR) is 74.8 cm³/mol. The Kier molecular flexibility index (Phi) is 5.06. The first-order chi connectivity index (χ1) is 9.65. The van der Waals surface area contributed by atoms with Gasteiger partial charge in [-0.25, -0.2) is 0 Å². The molecule has 1 aromatic rings. The third-order valence-corrected chi connectivity index (χ3v) is 3.48. The van der Waals surface area contributed by atoms with Crippen molar-refractivity contribution >= 4 is 11.8 Å². The molecule has 0 aromatic carbocycles.